The Balaban J connectivity index is 1.70. The lowest BCUT2D eigenvalue weighted by molar-refractivity contribution is -0.171. The predicted octanol–water partition coefficient (Wildman–Crippen LogP) is 4.03. The average molecular weight is 797 g/mol. The quantitative estimate of drug-likeness (QED) is 0.0372. The molecule has 4 amide bonds. The maximum Gasteiger partial charge on any atom is 0.363 e. The number of aliphatic carboxylic acids is 2. The van der Waals surface area contributed by atoms with E-state index in [1.165, 1.54) is 62.8 Å². The third-order valence-electron chi connectivity index (χ3n) is 8.71. The maximum atomic E-state index is 13.6. The first-order chi connectivity index (χ1) is 27.3. The van der Waals surface area contributed by atoms with Crippen molar-refractivity contribution < 1.29 is 67.2 Å². The highest BCUT2D eigenvalue weighted by molar-refractivity contribution is 6.00. The number of unbranched alkanes of at least 4 members (excludes halogenated alkanes) is 2. The summed E-state index contributed by atoms with van der Waals surface area (Å²) in [5, 5.41) is 26.6. The normalized spacial score (nSPS) is 12.2. The van der Waals surface area contributed by atoms with Gasteiger partial charge in [0.15, 0.2) is 17.3 Å². The molecule has 1 aromatic heterocycles. The number of nitrogens with zero attached hydrogens (tertiary/aromatic N) is 1. The minimum Gasteiger partial charge on any atom is -0.493 e. The highest BCUT2D eigenvalue weighted by atomic mass is 16.7. The molecule has 0 aliphatic heterocycles. The summed E-state index contributed by atoms with van der Waals surface area (Å²) >= 11 is 0. The molecular weight excluding hydrogens is 748 g/mol. The molecule has 0 fully saturated rings. The Labute approximate surface area is 328 Å². The molecule has 5 N–H and O–H groups in total. The van der Waals surface area contributed by atoms with Gasteiger partial charge in [-0.1, -0.05) is 39.2 Å². The van der Waals surface area contributed by atoms with Crippen molar-refractivity contribution in [1.29, 1.82) is 0 Å². The third-order valence-corrected chi connectivity index (χ3v) is 8.71. The zero-order valence-electron chi connectivity index (χ0n) is 32.3. The average Bonchev–Trinajstić information content (AvgIpc) is 3.70. The fourth-order valence-corrected chi connectivity index (χ4v) is 5.83. The smallest absolute Gasteiger partial charge is 0.363 e. The van der Waals surface area contributed by atoms with Crippen LogP contribution in [0.1, 0.15) is 90.6 Å². The van der Waals surface area contributed by atoms with Gasteiger partial charge in [0.2, 0.25) is 12.3 Å². The molecule has 0 saturated carbocycles. The predicted molar refractivity (Wildman–Crippen MR) is 202 cm³/mol. The summed E-state index contributed by atoms with van der Waals surface area (Å²) in [6, 6.07) is 9.02. The van der Waals surface area contributed by atoms with E-state index in [-0.39, 0.29) is 53.8 Å². The molecule has 18 nitrogen and oxygen atoms in total. The van der Waals surface area contributed by atoms with Crippen LogP contribution in [0, 0.1) is 5.92 Å². The minimum atomic E-state index is -1.67. The second kappa shape index (κ2) is 22.1. The molecule has 0 bridgehead atoms. The first kappa shape index (κ1) is 44.8. The van der Waals surface area contributed by atoms with E-state index in [1.54, 1.807) is 13.8 Å². The SMILES string of the molecule is CCCCCC(C(=O)NCNC(=O)c1ccc(-c2ccc(C(=O)NC(CC(=O)O)C(=O)O)c(OCC)c2)o1)[C@@H](CC)N(C=O)OC(=O)c1ccc(OC)c(OC)c1. The number of ether oxygens (including phenoxy) is 3. The van der Waals surface area contributed by atoms with Crippen LogP contribution in [0.15, 0.2) is 52.9 Å². The molecule has 0 radical (unpaired) electrons. The summed E-state index contributed by atoms with van der Waals surface area (Å²) in [7, 11) is 2.86. The Morgan fingerprint density at radius 1 is 0.860 bits per heavy atom. The number of hydrogen-bond donors (Lipinski definition) is 5. The maximum absolute atomic E-state index is 13.6. The minimum absolute atomic E-state index is 0.0526. The fraction of sp³-hybridized carbons (Fsp3) is 0.410. The summed E-state index contributed by atoms with van der Waals surface area (Å²) in [5.74, 6) is -5.79. The lowest BCUT2D eigenvalue weighted by atomic mass is 9.90. The summed E-state index contributed by atoms with van der Waals surface area (Å²) in [4.78, 5) is 92.8. The number of carbonyl (C=O) groups excluding carboxylic acids is 5. The Bertz CT molecular complexity index is 1890. The number of amides is 4. The third kappa shape index (κ3) is 12.5. The van der Waals surface area contributed by atoms with Crippen molar-refractivity contribution in [2.75, 3.05) is 27.5 Å². The van der Waals surface area contributed by atoms with Gasteiger partial charge in [0, 0.05) is 5.56 Å². The zero-order valence-corrected chi connectivity index (χ0v) is 32.3. The standard InChI is InChI=1S/C39H48N4O14/c1-6-9-10-11-25(28(7-2)43(22-44)57-39(52)24-13-15-30(53-4)33(19-24)54-5)35(47)40-21-41-37(49)31-17-16-29(56-31)23-12-14-26(32(18-23)55-8-3)36(48)42-27(38(50)51)20-34(45)46/h12-19,22,25,27-28H,6-11,20-21H2,1-5H3,(H,40,47)(H,41,49)(H,42,48)(H,45,46)(H,50,51)/t25?,27?,28-/m1/s1. The molecule has 3 atom stereocenters. The molecule has 308 valence electrons. The van der Waals surface area contributed by atoms with Crippen molar-refractivity contribution in [3.8, 4) is 28.6 Å². The molecule has 0 saturated heterocycles. The van der Waals surface area contributed by atoms with Gasteiger partial charge in [-0.2, -0.15) is 5.06 Å². The van der Waals surface area contributed by atoms with Crippen LogP contribution in [0.25, 0.3) is 11.3 Å². The zero-order chi connectivity index (χ0) is 42.1. The Hall–Kier alpha value is -6.59. The van der Waals surface area contributed by atoms with Crippen molar-refractivity contribution in [2.45, 2.75) is 71.4 Å². The van der Waals surface area contributed by atoms with Crippen molar-refractivity contribution in [2.24, 2.45) is 5.92 Å². The molecular formula is C39H48N4O14. The van der Waals surface area contributed by atoms with Crippen LogP contribution < -0.4 is 30.2 Å². The number of carboxylic acids is 2. The molecule has 2 unspecified atom stereocenters. The van der Waals surface area contributed by atoms with Crippen LogP contribution in [0.4, 0.5) is 0 Å². The Morgan fingerprint density at radius 2 is 1.60 bits per heavy atom. The van der Waals surface area contributed by atoms with E-state index in [4.69, 9.17) is 28.6 Å². The van der Waals surface area contributed by atoms with Gasteiger partial charge in [0.25, 0.3) is 11.8 Å². The molecule has 1 heterocycles. The number of furan rings is 1. The first-order valence-corrected chi connectivity index (χ1v) is 18.2. The van der Waals surface area contributed by atoms with Crippen LogP contribution >= 0.6 is 0 Å². The molecule has 3 rings (SSSR count). The van der Waals surface area contributed by atoms with Crippen molar-refractivity contribution in [1.82, 2.24) is 21.0 Å². The summed E-state index contributed by atoms with van der Waals surface area (Å²) in [5.41, 5.74) is 0.433. The number of hydrogen-bond acceptors (Lipinski definition) is 12. The number of methoxy groups -OCH3 is 2. The van der Waals surface area contributed by atoms with E-state index >= 15 is 0 Å². The van der Waals surface area contributed by atoms with Crippen LogP contribution in [0.2, 0.25) is 0 Å². The van der Waals surface area contributed by atoms with E-state index in [2.05, 4.69) is 16.0 Å². The van der Waals surface area contributed by atoms with Gasteiger partial charge in [-0.3, -0.25) is 24.0 Å². The highest BCUT2D eigenvalue weighted by Crippen LogP contribution is 2.30. The largest absolute Gasteiger partial charge is 0.493 e. The molecule has 0 spiro atoms. The van der Waals surface area contributed by atoms with Gasteiger partial charge in [-0.25, -0.2) is 9.59 Å². The fourth-order valence-electron chi connectivity index (χ4n) is 5.83. The van der Waals surface area contributed by atoms with Crippen LogP contribution in [0.5, 0.6) is 17.2 Å². The van der Waals surface area contributed by atoms with Gasteiger partial charge in [0.1, 0.15) is 17.6 Å². The lowest BCUT2D eigenvalue weighted by Gasteiger charge is -2.31. The van der Waals surface area contributed by atoms with E-state index in [9.17, 15) is 38.7 Å². The number of hydroxylamine groups is 2. The monoisotopic (exact) mass is 796 g/mol. The number of carbonyl (C=O) groups is 7. The van der Waals surface area contributed by atoms with Gasteiger partial charge < -0.3 is 49.6 Å². The van der Waals surface area contributed by atoms with E-state index in [0.717, 1.165) is 17.9 Å². The van der Waals surface area contributed by atoms with Gasteiger partial charge >= 0.3 is 17.9 Å². The summed E-state index contributed by atoms with van der Waals surface area (Å²) in [6.07, 6.45) is 2.46. The van der Waals surface area contributed by atoms with E-state index in [1.807, 2.05) is 6.92 Å². The van der Waals surface area contributed by atoms with Crippen LogP contribution in [-0.2, 0) is 24.0 Å². The Morgan fingerprint density at radius 3 is 2.21 bits per heavy atom. The molecule has 57 heavy (non-hydrogen) atoms. The van der Waals surface area contributed by atoms with Crippen molar-refractivity contribution in [3.63, 3.8) is 0 Å². The molecule has 2 aromatic carbocycles. The second-order valence-corrected chi connectivity index (χ2v) is 12.5. The number of rotatable bonds is 24. The van der Waals surface area contributed by atoms with Gasteiger partial charge in [0.05, 0.1) is 57.0 Å². The molecule has 0 aliphatic carbocycles. The van der Waals surface area contributed by atoms with Crippen molar-refractivity contribution in [3.05, 3.63) is 65.4 Å². The number of carboxylic acid groups (broad SMARTS) is 2. The van der Waals surface area contributed by atoms with E-state index < -0.39 is 60.1 Å². The van der Waals surface area contributed by atoms with Crippen LogP contribution in [0.3, 0.4) is 0 Å². The van der Waals surface area contributed by atoms with E-state index in [0.29, 0.717) is 30.6 Å². The summed E-state index contributed by atoms with van der Waals surface area (Å²) in [6.45, 7) is 5.24. The first-order valence-electron chi connectivity index (χ1n) is 18.2. The van der Waals surface area contributed by atoms with Crippen LogP contribution in [-0.4, -0.2) is 96.9 Å². The van der Waals surface area contributed by atoms with Gasteiger partial charge in [-0.15, -0.1) is 0 Å². The van der Waals surface area contributed by atoms with Crippen molar-refractivity contribution >= 4 is 42.0 Å². The number of nitrogens with one attached hydrogen (secondary N) is 3. The Kier molecular flexibility index (Phi) is 17.4. The molecule has 0 aliphatic rings. The van der Waals surface area contributed by atoms with Gasteiger partial charge in [-0.05, 0) is 62.2 Å². The topological polar surface area (TPSA) is 249 Å². The number of benzene rings is 2. The lowest BCUT2D eigenvalue weighted by Crippen LogP contribution is -2.49. The molecule has 18 heteroatoms. The summed E-state index contributed by atoms with van der Waals surface area (Å²) < 4.78 is 21.8. The highest BCUT2D eigenvalue weighted by Gasteiger charge is 2.34. The second-order valence-electron chi connectivity index (χ2n) is 12.5. The molecule has 3 aromatic rings.